The normalized spacial score (nSPS) is 11.1. The molecule has 24 heavy (non-hydrogen) atoms. The van der Waals surface area contributed by atoms with E-state index in [4.69, 9.17) is 4.74 Å². The van der Waals surface area contributed by atoms with Crippen molar-refractivity contribution in [2.45, 2.75) is 4.90 Å². The summed E-state index contributed by atoms with van der Waals surface area (Å²) in [5.41, 5.74) is 1.83. The number of carbonyl (C=O) groups excluding carboxylic acids is 1. The predicted octanol–water partition coefficient (Wildman–Crippen LogP) is 1.49. The number of hydrogen-bond acceptors (Lipinski definition) is 4. The van der Waals surface area contributed by atoms with Crippen molar-refractivity contribution >= 4 is 15.9 Å². The van der Waals surface area contributed by atoms with Crippen molar-refractivity contribution in [1.82, 2.24) is 10.3 Å². The van der Waals surface area contributed by atoms with Gasteiger partial charge in [-0.25, -0.2) is 21.6 Å². The molecule has 0 radical (unpaired) electrons. The molecule has 6 nitrogen and oxygen atoms in total. The third-order valence-corrected chi connectivity index (χ3v) is 3.94. The van der Waals surface area contributed by atoms with Crippen LogP contribution in [0.3, 0.4) is 0 Å². The van der Waals surface area contributed by atoms with Crippen LogP contribution in [0, 0.1) is 17.5 Å². The Morgan fingerprint density at radius 1 is 1.04 bits per heavy atom. The molecule has 0 aromatic heterocycles. The van der Waals surface area contributed by atoms with E-state index in [1.165, 1.54) is 18.2 Å². The lowest BCUT2D eigenvalue weighted by Gasteiger charge is -2.09. The number of amides is 1. The Morgan fingerprint density at radius 3 is 2.46 bits per heavy atom. The topological polar surface area (TPSA) is 84.5 Å². The molecule has 0 bridgehead atoms. The Kier molecular flexibility index (Phi) is 5.42. The summed E-state index contributed by atoms with van der Waals surface area (Å²) >= 11 is 0. The van der Waals surface area contributed by atoms with Gasteiger partial charge in [0.15, 0.2) is 18.2 Å². The number of rotatable bonds is 6. The molecule has 10 heteroatoms. The molecule has 2 aromatic carbocycles. The van der Waals surface area contributed by atoms with Gasteiger partial charge >= 0.3 is 0 Å². The molecular formula is C14H11F3N2O4S. The first-order valence-electron chi connectivity index (χ1n) is 6.42. The van der Waals surface area contributed by atoms with Gasteiger partial charge in [-0.2, -0.15) is 0 Å². The van der Waals surface area contributed by atoms with Crippen molar-refractivity contribution < 1.29 is 31.1 Å². The number of ether oxygens (including phenoxy) is 1. The Bertz CT molecular complexity index is 859. The van der Waals surface area contributed by atoms with E-state index in [2.05, 4.69) is 0 Å². The van der Waals surface area contributed by atoms with Crippen LogP contribution >= 0.6 is 0 Å². The molecule has 0 atom stereocenters. The number of hydrazine groups is 1. The van der Waals surface area contributed by atoms with Crippen LogP contribution in [-0.4, -0.2) is 20.9 Å². The maximum absolute atomic E-state index is 13.0. The van der Waals surface area contributed by atoms with E-state index in [1.807, 2.05) is 5.43 Å². The minimum atomic E-state index is -4.29. The van der Waals surface area contributed by atoms with Gasteiger partial charge in [0, 0.05) is 6.07 Å². The summed E-state index contributed by atoms with van der Waals surface area (Å²) in [6, 6.07) is 6.93. The molecule has 0 aliphatic carbocycles. The zero-order valence-electron chi connectivity index (χ0n) is 11.9. The minimum absolute atomic E-state index is 0.0774. The number of benzene rings is 2. The van der Waals surface area contributed by atoms with Crippen molar-refractivity contribution in [1.29, 1.82) is 0 Å². The van der Waals surface area contributed by atoms with Gasteiger partial charge in [-0.3, -0.25) is 10.2 Å². The lowest BCUT2D eigenvalue weighted by Crippen LogP contribution is -2.43. The van der Waals surface area contributed by atoms with Crippen molar-refractivity contribution in [3.8, 4) is 5.75 Å². The lowest BCUT2D eigenvalue weighted by atomic mass is 10.3. The molecule has 2 rings (SSSR count). The van der Waals surface area contributed by atoms with Gasteiger partial charge in [-0.05, 0) is 30.3 Å². The summed E-state index contributed by atoms with van der Waals surface area (Å²) in [5, 5.41) is 0. The summed E-state index contributed by atoms with van der Waals surface area (Å²) in [6.45, 7) is -0.593. The second kappa shape index (κ2) is 7.32. The maximum atomic E-state index is 13.0. The average Bonchev–Trinajstić information content (AvgIpc) is 2.53. The van der Waals surface area contributed by atoms with Crippen molar-refractivity contribution in [3.63, 3.8) is 0 Å². The van der Waals surface area contributed by atoms with Crippen LogP contribution in [0.15, 0.2) is 47.4 Å². The van der Waals surface area contributed by atoms with Crippen LogP contribution in [0.4, 0.5) is 13.2 Å². The van der Waals surface area contributed by atoms with E-state index < -0.39 is 44.9 Å². The maximum Gasteiger partial charge on any atom is 0.272 e. The SMILES string of the molecule is O=C(COc1cccc(F)c1)NNS(=O)(=O)c1ccc(F)c(F)c1. The summed E-state index contributed by atoms with van der Waals surface area (Å²) < 4.78 is 67.3. The van der Waals surface area contributed by atoms with E-state index in [0.717, 1.165) is 12.1 Å². The van der Waals surface area contributed by atoms with E-state index in [9.17, 15) is 26.4 Å². The van der Waals surface area contributed by atoms with Gasteiger partial charge in [0.2, 0.25) is 0 Å². The smallest absolute Gasteiger partial charge is 0.272 e. The highest BCUT2D eigenvalue weighted by Gasteiger charge is 2.17. The van der Waals surface area contributed by atoms with Crippen molar-refractivity contribution in [2.24, 2.45) is 0 Å². The fraction of sp³-hybridized carbons (Fsp3) is 0.0714. The highest BCUT2D eigenvalue weighted by atomic mass is 32.2. The monoisotopic (exact) mass is 360 g/mol. The fourth-order valence-corrected chi connectivity index (χ4v) is 2.44. The summed E-state index contributed by atoms with van der Waals surface area (Å²) in [7, 11) is -4.29. The van der Waals surface area contributed by atoms with E-state index in [-0.39, 0.29) is 5.75 Å². The van der Waals surface area contributed by atoms with E-state index in [1.54, 1.807) is 4.83 Å². The van der Waals surface area contributed by atoms with E-state index in [0.29, 0.717) is 12.1 Å². The van der Waals surface area contributed by atoms with Crippen molar-refractivity contribution in [2.75, 3.05) is 6.61 Å². The Balaban J connectivity index is 1.91. The summed E-state index contributed by atoms with van der Waals surface area (Å²) in [4.78, 5) is 12.6. The highest BCUT2D eigenvalue weighted by molar-refractivity contribution is 7.89. The standard InChI is InChI=1S/C14H11F3N2O4S/c15-9-2-1-3-10(6-9)23-8-14(20)18-19-24(21,22)11-4-5-12(16)13(17)7-11/h1-7,19H,8H2,(H,18,20). The van der Waals surface area contributed by atoms with Gasteiger partial charge in [-0.1, -0.05) is 6.07 Å². The molecule has 0 unspecified atom stereocenters. The Hall–Kier alpha value is -2.59. The van der Waals surface area contributed by atoms with Crippen LogP contribution < -0.4 is 15.0 Å². The zero-order valence-corrected chi connectivity index (χ0v) is 12.7. The molecule has 1 amide bonds. The molecule has 128 valence electrons. The summed E-state index contributed by atoms with van der Waals surface area (Å²) in [5.74, 6) is -3.92. The minimum Gasteiger partial charge on any atom is -0.484 e. The molecule has 2 aromatic rings. The van der Waals surface area contributed by atoms with Gasteiger partial charge in [0.05, 0.1) is 4.90 Å². The van der Waals surface area contributed by atoms with Crippen LogP contribution in [0.2, 0.25) is 0 Å². The molecular weight excluding hydrogens is 349 g/mol. The first-order chi connectivity index (χ1) is 11.3. The van der Waals surface area contributed by atoms with Crippen LogP contribution in [0.1, 0.15) is 0 Å². The van der Waals surface area contributed by atoms with Gasteiger partial charge in [0.25, 0.3) is 15.9 Å². The van der Waals surface area contributed by atoms with Gasteiger partial charge in [-0.15, -0.1) is 4.83 Å². The summed E-state index contributed by atoms with van der Waals surface area (Å²) in [6.07, 6.45) is 0. The third-order valence-electron chi connectivity index (χ3n) is 2.69. The zero-order chi connectivity index (χ0) is 17.7. The fourth-order valence-electron chi connectivity index (χ4n) is 1.57. The van der Waals surface area contributed by atoms with Gasteiger partial charge in [0.1, 0.15) is 11.6 Å². The number of halogens is 3. The molecule has 0 spiro atoms. The number of nitrogens with one attached hydrogen (secondary N) is 2. The molecule has 0 aliphatic rings. The quantitative estimate of drug-likeness (QED) is 0.765. The molecule has 0 saturated carbocycles. The molecule has 0 heterocycles. The Morgan fingerprint density at radius 2 is 1.79 bits per heavy atom. The van der Waals surface area contributed by atoms with Crippen LogP contribution in [-0.2, 0) is 14.8 Å². The molecule has 0 saturated heterocycles. The first kappa shape index (κ1) is 17.8. The van der Waals surface area contributed by atoms with Gasteiger partial charge < -0.3 is 4.74 Å². The molecule has 2 N–H and O–H groups in total. The molecule has 0 aliphatic heterocycles. The van der Waals surface area contributed by atoms with E-state index >= 15 is 0 Å². The number of hydrogen-bond donors (Lipinski definition) is 2. The largest absolute Gasteiger partial charge is 0.484 e. The third kappa shape index (κ3) is 4.70. The van der Waals surface area contributed by atoms with Crippen LogP contribution in [0.5, 0.6) is 5.75 Å². The predicted molar refractivity (Wildman–Crippen MR) is 76.7 cm³/mol. The van der Waals surface area contributed by atoms with Crippen molar-refractivity contribution in [3.05, 3.63) is 59.9 Å². The first-order valence-corrected chi connectivity index (χ1v) is 7.90. The Labute approximate surface area is 135 Å². The second-order valence-corrected chi connectivity index (χ2v) is 6.16. The molecule has 0 fully saturated rings. The second-order valence-electron chi connectivity index (χ2n) is 4.48. The highest BCUT2D eigenvalue weighted by Crippen LogP contribution is 2.13. The lowest BCUT2D eigenvalue weighted by molar-refractivity contribution is -0.123. The number of sulfonamides is 1. The van der Waals surface area contributed by atoms with Crippen LogP contribution in [0.25, 0.3) is 0 Å². The number of carbonyl (C=O) groups is 1. The average molecular weight is 360 g/mol.